The van der Waals surface area contributed by atoms with E-state index in [1.165, 1.54) is 24.3 Å². The zero-order valence-electron chi connectivity index (χ0n) is 16.0. The molecule has 0 aliphatic rings. The van der Waals surface area contributed by atoms with Gasteiger partial charge in [-0.2, -0.15) is 4.98 Å². The van der Waals surface area contributed by atoms with Crippen LogP contribution in [-0.4, -0.2) is 34.0 Å². The summed E-state index contributed by atoms with van der Waals surface area (Å²) in [4.78, 5) is 19.4. The van der Waals surface area contributed by atoms with Crippen LogP contribution in [0.1, 0.15) is 5.56 Å². The molecule has 0 unspecified atom stereocenters. The maximum atomic E-state index is 12.6. The number of ether oxygens (including phenoxy) is 1. The van der Waals surface area contributed by atoms with Gasteiger partial charge in [0.15, 0.2) is 0 Å². The van der Waals surface area contributed by atoms with Crippen LogP contribution in [0.15, 0.2) is 53.0 Å². The molecule has 2 aromatic carbocycles. The maximum absolute atomic E-state index is 12.6. The smallest absolute Gasteiger partial charge is 0.480 e. The average molecular weight is 497 g/mol. The quantitative estimate of drug-likeness (QED) is 0.405. The molecule has 0 aliphatic carbocycles. The molecule has 0 radical (unpaired) electrons. The van der Waals surface area contributed by atoms with E-state index >= 15 is 0 Å². The number of aryl methyl sites for hydroxylation is 1. The molecule has 3 aromatic rings. The summed E-state index contributed by atoms with van der Waals surface area (Å²) in [5, 5.41) is 14.6. The summed E-state index contributed by atoms with van der Waals surface area (Å²) in [5.74, 6) is -1.22. The van der Waals surface area contributed by atoms with Crippen LogP contribution in [0.3, 0.4) is 0 Å². The predicted octanol–water partition coefficient (Wildman–Crippen LogP) is 5.35. The molecule has 0 aliphatic heterocycles. The van der Waals surface area contributed by atoms with Gasteiger partial charge in [-0.25, -0.2) is 4.98 Å². The number of hydrogen-bond donors (Lipinski definition) is 3. The van der Waals surface area contributed by atoms with Crippen molar-refractivity contribution in [3.8, 4) is 17.0 Å². The molecule has 0 amide bonds. The number of carboxylic acid groups (broad SMARTS) is 1. The van der Waals surface area contributed by atoms with Gasteiger partial charge in [-0.3, -0.25) is 4.79 Å². The van der Waals surface area contributed by atoms with Crippen molar-refractivity contribution in [2.75, 3.05) is 17.2 Å². The molecule has 1 heterocycles. The third kappa shape index (κ3) is 6.57. The lowest BCUT2D eigenvalue weighted by Crippen LogP contribution is -2.17. The van der Waals surface area contributed by atoms with Crippen molar-refractivity contribution in [2.24, 2.45) is 0 Å². The molecular weight excluding hydrogens is 481 g/mol. The van der Waals surface area contributed by atoms with Gasteiger partial charge in [0.1, 0.15) is 18.1 Å². The summed E-state index contributed by atoms with van der Waals surface area (Å²) in [6, 6.07) is 12.4. The van der Waals surface area contributed by atoms with Gasteiger partial charge in [-0.05, 0) is 52.7 Å². The maximum Gasteiger partial charge on any atom is 0.573 e. The second kappa shape index (κ2) is 9.21. The second-order valence-corrected chi connectivity index (χ2v) is 7.25. The van der Waals surface area contributed by atoms with Crippen molar-refractivity contribution in [1.82, 2.24) is 9.97 Å². The Kier molecular flexibility index (Phi) is 6.64. The number of anilines is 3. The highest BCUT2D eigenvalue weighted by Gasteiger charge is 2.31. The zero-order valence-corrected chi connectivity index (χ0v) is 17.6. The Morgan fingerprint density at radius 1 is 1.16 bits per heavy atom. The lowest BCUT2D eigenvalue weighted by atomic mass is 10.1. The molecule has 7 nitrogen and oxygen atoms in total. The number of nitrogens with one attached hydrogen (secondary N) is 2. The van der Waals surface area contributed by atoms with E-state index in [1.54, 1.807) is 6.07 Å². The fourth-order valence-electron chi connectivity index (χ4n) is 2.60. The van der Waals surface area contributed by atoms with E-state index in [-0.39, 0.29) is 11.6 Å². The number of carboxylic acids is 1. The first-order valence-electron chi connectivity index (χ1n) is 8.83. The van der Waals surface area contributed by atoms with E-state index in [9.17, 15) is 18.0 Å². The first-order valence-corrected chi connectivity index (χ1v) is 9.62. The van der Waals surface area contributed by atoms with Gasteiger partial charge < -0.3 is 20.5 Å². The van der Waals surface area contributed by atoms with Crippen LogP contribution in [0, 0.1) is 6.92 Å². The second-order valence-electron chi connectivity index (χ2n) is 6.39. The SMILES string of the molecule is Cc1ccc(Nc2cc(-c3cccc(OC(F)(F)F)c3)nc(NCC(=O)O)n2)c(Br)c1. The summed E-state index contributed by atoms with van der Waals surface area (Å²) in [7, 11) is 0. The van der Waals surface area contributed by atoms with Crippen LogP contribution < -0.4 is 15.4 Å². The number of benzene rings is 2. The number of aliphatic carboxylic acids is 1. The van der Waals surface area contributed by atoms with Gasteiger partial charge in [-0.15, -0.1) is 13.2 Å². The fraction of sp³-hybridized carbons (Fsp3) is 0.150. The molecule has 0 fully saturated rings. The van der Waals surface area contributed by atoms with E-state index in [0.29, 0.717) is 17.1 Å². The molecular formula is C20H16BrF3N4O3. The molecule has 3 rings (SSSR count). The Labute approximate surface area is 183 Å². The summed E-state index contributed by atoms with van der Waals surface area (Å²) >= 11 is 3.45. The third-order valence-corrected chi connectivity index (χ3v) is 4.53. The Bertz CT molecular complexity index is 1110. The summed E-state index contributed by atoms with van der Waals surface area (Å²) in [6.45, 7) is 1.50. The first kappa shape index (κ1) is 22.3. The van der Waals surface area contributed by atoms with E-state index in [0.717, 1.165) is 10.0 Å². The molecule has 0 spiro atoms. The Balaban J connectivity index is 1.99. The number of nitrogens with zero attached hydrogens (tertiary/aromatic N) is 2. The monoisotopic (exact) mass is 496 g/mol. The number of rotatable bonds is 7. The zero-order chi connectivity index (χ0) is 22.6. The van der Waals surface area contributed by atoms with Gasteiger partial charge in [0.05, 0.1) is 11.4 Å². The molecule has 1 aromatic heterocycles. The molecule has 3 N–H and O–H groups in total. The van der Waals surface area contributed by atoms with Crippen LogP contribution in [0.5, 0.6) is 5.75 Å². The summed E-state index contributed by atoms with van der Waals surface area (Å²) in [6.07, 6.45) is -4.83. The highest BCUT2D eigenvalue weighted by atomic mass is 79.9. The number of hydrogen-bond acceptors (Lipinski definition) is 6. The van der Waals surface area contributed by atoms with Gasteiger partial charge in [-0.1, -0.05) is 18.2 Å². The third-order valence-electron chi connectivity index (χ3n) is 3.87. The van der Waals surface area contributed by atoms with E-state index < -0.39 is 24.6 Å². The van der Waals surface area contributed by atoms with Crippen molar-refractivity contribution in [2.45, 2.75) is 13.3 Å². The van der Waals surface area contributed by atoms with Gasteiger partial charge >= 0.3 is 12.3 Å². The highest BCUT2D eigenvalue weighted by molar-refractivity contribution is 9.10. The van der Waals surface area contributed by atoms with Crippen LogP contribution >= 0.6 is 15.9 Å². The average Bonchev–Trinajstić information content (AvgIpc) is 2.67. The topological polar surface area (TPSA) is 96.4 Å². The van der Waals surface area contributed by atoms with Crippen LogP contribution in [0.25, 0.3) is 11.3 Å². The molecule has 162 valence electrons. The highest BCUT2D eigenvalue weighted by Crippen LogP contribution is 2.31. The minimum Gasteiger partial charge on any atom is -0.480 e. The molecule has 31 heavy (non-hydrogen) atoms. The minimum absolute atomic E-state index is 0.00669. The molecule has 11 heteroatoms. The number of carbonyl (C=O) groups is 1. The summed E-state index contributed by atoms with van der Waals surface area (Å²) in [5.41, 5.74) is 2.31. The van der Waals surface area contributed by atoms with Crippen molar-refractivity contribution >= 4 is 39.4 Å². The Morgan fingerprint density at radius 2 is 1.94 bits per heavy atom. The minimum atomic E-state index is -4.83. The largest absolute Gasteiger partial charge is 0.573 e. The first-order chi connectivity index (χ1) is 14.6. The van der Waals surface area contributed by atoms with Crippen molar-refractivity contribution < 1.29 is 27.8 Å². The van der Waals surface area contributed by atoms with Crippen molar-refractivity contribution in [1.29, 1.82) is 0 Å². The van der Waals surface area contributed by atoms with Crippen molar-refractivity contribution in [3.05, 3.63) is 58.6 Å². The van der Waals surface area contributed by atoms with Gasteiger partial charge in [0.25, 0.3) is 0 Å². The Hall–Kier alpha value is -3.34. The lowest BCUT2D eigenvalue weighted by Gasteiger charge is -2.13. The number of alkyl halides is 3. The standard InChI is InChI=1S/C20H16BrF3N4O3/c1-11-5-6-15(14(21)7-11)26-17-9-16(27-19(28-17)25-10-18(29)30)12-3-2-4-13(8-12)31-20(22,23)24/h2-9H,10H2,1H3,(H,29,30)(H2,25,26,27,28). The fourth-order valence-corrected chi connectivity index (χ4v) is 3.20. The van der Waals surface area contributed by atoms with E-state index in [4.69, 9.17) is 5.11 Å². The van der Waals surface area contributed by atoms with E-state index in [2.05, 4.69) is 41.3 Å². The van der Waals surface area contributed by atoms with Gasteiger partial charge in [0, 0.05) is 16.1 Å². The van der Waals surface area contributed by atoms with E-state index in [1.807, 2.05) is 25.1 Å². The molecule has 0 saturated carbocycles. The van der Waals surface area contributed by atoms with Crippen LogP contribution in [0.4, 0.5) is 30.6 Å². The summed E-state index contributed by atoms with van der Waals surface area (Å²) < 4.78 is 42.4. The molecule has 0 saturated heterocycles. The molecule has 0 atom stereocenters. The number of halogens is 4. The number of aromatic nitrogens is 2. The predicted molar refractivity (Wildman–Crippen MR) is 112 cm³/mol. The van der Waals surface area contributed by atoms with Crippen molar-refractivity contribution in [3.63, 3.8) is 0 Å². The van der Waals surface area contributed by atoms with Gasteiger partial charge in [0.2, 0.25) is 5.95 Å². The van der Waals surface area contributed by atoms with Crippen LogP contribution in [-0.2, 0) is 4.79 Å². The Morgan fingerprint density at radius 3 is 2.61 bits per heavy atom. The lowest BCUT2D eigenvalue weighted by molar-refractivity contribution is -0.274. The normalized spacial score (nSPS) is 11.1. The molecule has 0 bridgehead atoms. The van der Waals surface area contributed by atoms with Crippen LogP contribution in [0.2, 0.25) is 0 Å².